The second-order valence-electron chi connectivity index (χ2n) is 8.71. The molecule has 0 spiro atoms. The third-order valence-corrected chi connectivity index (χ3v) is 5.94. The van der Waals surface area contributed by atoms with E-state index in [1.165, 1.54) is 0 Å². The summed E-state index contributed by atoms with van der Waals surface area (Å²) in [5.41, 5.74) is 3.88. The van der Waals surface area contributed by atoms with E-state index in [0.29, 0.717) is 37.6 Å². The van der Waals surface area contributed by atoms with Crippen molar-refractivity contribution in [3.63, 3.8) is 0 Å². The Kier molecular flexibility index (Phi) is 8.34. The van der Waals surface area contributed by atoms with Gasteiger partial charge in [0.05, 0.1) is 17.1 Å². The fourth-order valence-corrected chi connectivity index (χ4v) is 4.13. The zero-order valence-electron chi connectivity index (χ0n) is 20.0. The van der Waals surface area contributed by atoms with E-state index in [1.807, 2.05) is 67.6 Å². The lowest BCUT2D eigenvalue weighted by Crippen LogP contribution is -2.14. The molecule has 0 saturated carbocycles. The largest absolute Gasteiger partial charge is 0.489 e. The second kappa shape index (κ2) is 12.0. The number of aromatic nitrogens is 1. The fraction of sp³-hybridized carbons (Fsp3) is 0.267. The van der Waals surface area contributed by atoms with Gasteiger partial charge >= 0.3 is 5.97 Å². The standard InChI is InChI=1S/C30H31NO4/c1-2-8-25(30(32)33)18-22-9-3-4-10-23(17-22)20-34-27-12-7-13-28(19-27)35-21-26-16-15-24-11-5-6-14-29(24)31-26/h4-7,9-17,19,25H,2-3,8,18,20-21H2,1H3,(H,32,33). The highest BCUT2D eigenvalue weighted by Crippen LogP contribution is 2.24. The summed E-state index contributed by atoms with van der Waals surface area (Å²) in [5, 5.41) is 10.6. The van der Waals surface area contributed by atoms with Crippen LogP contribution in [0.5, 0.6) is 11.5 Å². The van der Waals surface area contributed by atoms with Gasteiger partial charge in [0, 0.05) is 11.5 Å². The predicted octanol–water partition coefficient (Wildman–Crippen LogP) is 6.90. The molecule has 1 unspecified atom stereocenters. The smallest absolute Gasteiger partial charge is 0.306 e. The van der Waals surface area contributed by atoms with E-state index in [0.717, 1.165) is 40.6 Å². The van der Waals surface area contributed by atoms with Crippen molar-refractivity contribution in [1.82, 2.24) is 4.98 Å². The molecule has 0 amide bonds. The average Bonchev–Trinajstić information content (AvgIpc) is 3.11. The number of carbonyl (C=O) groups is 1. The molecular formula is C30H31NO4. The van der Waals surface area contributed by atoms with Crippen LogP contribution in [0.4, 0.5) is 0 Å². The first kappa shape index (κ1) is 24.3. The van der Waals surface area contributed by atoms with Crippen LogP contribution in [0.25, 0.3) is 10.9 Å². The fourth-order valence-electron chi connectivity index (χ4n) is 4.13. The van der Waals surface area contributed by atoms with E-state index in [1.54, 1.807) is 0 Å². The number of nitrogens with zero attached hydrogens (tertiary/aromatic N) is 1. The molecule has 0 saturated heterocycles. The van der Waals surface area contributed by atoms with Crippen molar-refractivity contribution in [1.29, 1.82) is 0 Å². The molecule has 2 aromatic carbocycles. The average molecular weight is 470 g/mol. The molecule has 180 valence electrons. The van der Waals surface area contributed by atoms with Crippen molar-refractivity contribution < 1.29 is 19.4 Å². The maximum absolute atomic E-state index is 11.6. The Balaban J connectivity index is 1.35. The monoisotopic (exact) mass is 469 g/mol. The van der Waals surface area contributed by atoms with Crippen LogP contribution in [0.3, 0.4) is 0 Å². The van der Waals surface area contributed by atoms with Crippen molar-refractivity contribution in [3.05, 3.63) is 102 Å². The number of hydrogen-bond acceptors (Lipinski definition) is 4. The molecule has 0 aliphatic heterocycles. The first-order chi connectivity index (χ1) is 17.1. The number of rotatable bonds is 11. The molecule has 1 heterocycles. The number of benzene rings is 2. The Bertz CT molecular complexity index is 1260. The summed E-state index contributed by atoms with van der Waals surface area (Å²) in [6, 6.07) is 19.6. The number of ether oxygens (including phenoxy) is 2. The molecule has 1 aromatic heterocycles. The zero-order valence-corrected chi connectivity index (χ0v) is 20.0. The highest BCUT2D eigenvalue weighted by atomic mass is 16.5. The Labute approximate surface area is 206 Å². The number of hydrogen-bond donors (Lipinski definition) is 1. The molecule has 35 heavy (non-hydrogen) atoms. The van der Waals surface area contributed by atoms with Gasteiger partial charge in [-0.2, -0.15) is 0 Å². The van der Waals surface area contributed by atoms with Crippen LogP contribution in [0.1, 0.15) is 38.3 Å². The van der Waals surface area contributed by atoms with E-state index in [9.17, 15) is 9.90 Å². The van der Waals surface area contributed by atoms with Gasteiger partial charge in [0.25, 0.3) is 0 Å². The van der Waals surface area contributed by atoms with Gasteiger partial charge < -0.3 is 14.6 Å². The molecule has 1 aliphatic carbocycles. The summed E-state index contributed by atoms with van der Waals surface area (Å²) in [4.78, 5) is 16.2. The van der Waals surface area contributed by atoms with Crippen molar-refractivity contribution in [3.8, 4) is 11.5 Å². The molecule has 5 heteroatoms. The van der Waals surface area contributed by atoms with Crippen molar-refractivity contribution in [2.24, 2.45) is 5.92 Å². The van der Waals surface area contributed by atoms with Crippen molar-refractivity contribution in [2.75, 3.05) is 6.61 Å². The van der Waals surface area contributed by atoms with Gasteiger partial charge in [-0.25, -0.2) is 4.98 Å². The molecule has 1 atom stereocenters. The first-order valence-corrected chi connectivity index (χ1v) is 12.1. The van der Waals surface area contributed by atoms with Crippen LogP contribution < -0.4 is 9.47 Å². The molecule has 4 rings (SSSR count). The predicted molar refractivity (Wildman–Crippen MR) is 139 cm³/mol. The van der Waals surface area contributed by atoms with E-state index >= 15 is 0 Å². The highest BCUT2D eigenvalue weighted by molar-refractivity contribution is 5.78. The molecule has 1 aliphatic rings. The van der Waals surface area contributed by atoms with Crippen molar-refractivity contribution in [2.45, 2.75) is 39.2 Å². The molecule has 5 nitrogen and oxygen atoms in total. The van der Waals surface area contributed by atoms with Gasteiger partial charge in [-0.05, 0) is 49.1 Å². The second-order valence-corrected chi connectivity index (χ2v) is 8.71. The zero-order chi connectivity index (χ0) is 24.5. The Morgan fingerprint density at radius 1 is 1.00 bits per heavy atom. The normalized spacial score (nSPS) is 14.1. The summed E-state index contributed by atoms with van der Waals surface area (Å²) in [5.74, 6) is 0.347. The van der Waals surface area contributed by atoms with Crippen LogP contribution in [-0.2, 0) is 11.4 Å². The van der Waals surface area contributed by atoms with Crippen LogP contribution in [-0.4, -0.2) is 22.7 Å². The van der Waals surface area contributed by atoms with Gasteiger partial charge in [0.15, 0.2) is 0 Å². The lowest BCUT2D eigenvalue weighted by atomic mass is 9.94. The molecule has 3 aromatic rings. The maximum atomic E-state index is 11.6. The summed E-state index contributed by atoms with van der Waals surface area (Å²) in [6.45, 7) is 2.79. The maximum Gasteiger partial charge on any atom is 0.306 e. The number of carboxylic acid groups (broad SMARTS) is 1. The van der Waals surface area contributed by atoms with E-state index in [-0.39, 0.29) is 5.92 Å². The van der Waals surface area contributed by atoms with Gasteiger partial charge in [-0.15, -0.1) is 0 Å². The lowest BCUT2D eigenvalue weighted by molar-refractivity contribution is -0.141. The number of aliphatic carboxylic acids is 1. The van der Waals surface area contributed by atoms with Crippen molar-refractivity contribution >= 4 is 16.9 Å². The van der Waals surface area contributed by atoms with E-state index < -0.39 is 5.97 Å². The van der Waals surface area contributed by atoms with Gasteiger partial charge in [-0.1, -0.05) is 73.6 Å². The molecule has 0 fully saturated rings. The van der Waals surface area contributed by atoms with Crippen LogP contribution in [0.15, 0.2) is 96.1 Å². The molecule has 1 N–H and O–H groups in total. The number of para-hydroxylation sites is 1. The minimum absolute atomic E-state index is 0.353. The summed E-state index contributed by atoms with van der Waals surface area (Å²) < 4.78 is 12.0. The third kappa shape index (κ3) is 7.06. The number of pyridine rings is 1. The minimum Gasteiger partial charge on any atom is -0.489 e. The van der Waals surface area contributed by atoms with E-state index in [2.05, 4.69) is 29.3 Å². The minimum atomic E-state index is -0.730. The lowest BCUT2D eigenvalue weighted by Gasteiger charge is -2.13. The Morgan fingerprint density at radius 3 is 2.60 bits per heavy atom. The summed E-state index contributed by atoms with van der Waals surface area (Å²) in [7, 11) is 0. The van der Waals surface area contributed by atoms with Crippen LogP contribution in [0, 0.1) is 5.92 Å². The van der Waals surface area contributed by atoms with Gasteiger partial charge in [-0.3, -0.25) is 4.79 Å². The Morgan fingerprint density at radius 2 is 1.80 bits per heavy atom. The number of carboxylic acids is 1. The van der Waals surface area contributed by atoms with Gasteiger partial charge in [0.2, 0.25) is 0 Å². The SMILES string of the molecule is CCCC(CC1=CCC=CC(COc2cccc(OCc3ccc4ccccc4n3)c2)=C1)C(=O)O. The Hall–Kier alpha value is -3.86. The third-order valence-electron chi connectivity index (χ3n) is 5.94. The highest BCUT2D eigenvalue weighted by Gasteiger charge is 2.18. The molecule has 0 radical (unpaired) electrons. The quantitative estimate of drug-likeness (QED) is 0.331. The van der Waals surface area contributed by atoms with Crippen LogP contribution in [0.2, 0.25) is 0 Å². The van der Waals surface area contributed by atoms with Crippen LogP contribution >= 0.6 is 0 Å². The number of allylic oxidation sites excluding steroid dienone is 4. The van der Waals surface area contributed by atoms with Gasteiger partial charge in [0.1, 0.15) is 24.7 Å². The summed E-state index contributed by atoms with van der Waals surface area (Å²) in [6.07, 6.45) is 11.2. The molecule has 0 bridgehead atoms. The molecular weight excluding hydrogens is 438 g/mol. The topological polar surface area (TPSA) is 68.7 Å². The first-order valence-electron chi connectivity index (χ1n) is 12.1. The summed E-state index contributed by atoms with van der Waals surface area (Å²) >= 11 is 0. The number of fused-ring (bicyclic) bond motifs is 1. The van der Waals surface area contributed by atoms with E-state index in [4.69, 9.17) is 9.47 Å².